The van der Waals surface area contributed by atoms with Crippen LogP contribution in [-0.4, -0.2) is 22.6 Å². The molecule has 138 valence electrons. The lowest BCUT2D eigenvalue weighted by Gasteiger charge is -2.23. The maximum Gasteiger partial charge on any atom is 0.223 e. The zero-order chi connectivity index (χ0) is 18.7. The van der Waals surface area contributed by atoms with Gasteiger partial charge in [0, 0.05) is 30.3 Å². The summed E-state index contributed by atoms with van der Waals surface area (Å²) in [7, 11) is 0. The molecule has 0 atom stereocenters. The summed E-state index contributed by atoms with van der Waals surface area (Å²) in [6.07, 6.45) is 2.76. The van der Waals surface area contributed by atoms with Crippen molar-refractivity contribution in [2.24, 2.45) is 0 Å². The first-order valence-electron chi connectivity index (χ1n) is 9.42. The van der Waals surface area contributed by atoms with Crippen LogP contribution in [0.25, 0.3) is 0 Å². The van der Waals surface area contributed by atoms with Crippen LogP contribution >= 0.6 is 11.3 Å². The van der Waals surface area contributed by atoms with Crippen molar-refractivity contribution >= 4 is 23.0 Å². The molecule has 0 saturated heterocycles. The van der Waals surface area contributed by atoms with E-state index in [1.54, 1.807) is 0 Å². The second-order valence-electron chi connectivity index (χ2n) is 7.48. The first-order chi connectivity index (χ1) is 12.4. The van der Waals surface area contributed by atoms with Gasteiger partial charge in [0.25, 0.3) is 0 Å². The van der Waals surface area contributed by atoms with Crippen LogP contribution in [0.2, 0.25) is 0 Å². The van der Waals surface area contributed by atoms with Gasteiger partial charge < -0.3 is 4.90 Å². The van der Waals surface area contributed by atoms with Crippen LogP contribution in [0, 0.1) is 6.92 Å². The third kappa shape index (κ3) is 4.82. The van der Waals surface area contributed by atoms with E-state index in [2.05, 4.69) is 38.1 Å². The van der Waals surface area contributed by atoms with Gasteiger partial charge >= 0.3 is 0 Å². The quantitative estimate of drug-likeness (QED) is 0.590. The molecule has 3 nitrogen and oxygen atoms in total. The van der Waals surface area contributed by atoms with Crippen molar-refractivity contribution in [2.75, 3.05) is 0 Å². The van der Waals surface area contributed by atoms with Gasteiger partial charge in [-0.05, 0) is 48.9 Å². The summed E-state index contributed by atoms with van der Waals surface area (Å²) in [4.78, 5) is 28.9. The van der Waals surface area contributed by atoms with E-state index in [9.17, 15) is 9.59 Å². The second kappa shape index (κ2) is 8.17. The van der Waals surface area contributed by atoms with Crippen molar-refractivity contribution in [3.63, 3.8) is 0 Å². The van der Waals surface area contributed by atoms with Crippen LogP contribution in [0.15, 0.2) is 36.4 Å². The Bertz CT molecular complexity index is 772. The Morgan fingerprint density at radius 1 is 1.08 bits per heavy atom. The van der Waals surface area contributed by atoms with Crippen LogP contribution in [0.1, 0.15) is 71.1 Å². The number of benzene rings is 1. The highest BCUT2D eigenvalue weighted by molar-refractivity contribution is 7.14. The zero-order valence-corrected chi connectivity index (χ0v) is 16.6. The molecular weight excluding hydrogens is 342 g/mol. The highest BCUT2D eigenvalue weighted by atomic mass is 32.1. The van der Waals surface area contributed by atoms with Crippen LogP contribution in [0.3, 0.4) is 0 Å². The maximum absolute atomic E-state index is 12.7. The molecule has 1 aromatic carbocycles. The summed E-state index contributed by atoms with van der Waals surface area (Å²) in [5.74, 6) is 0.688. The lowest BCUT2D eigenvalue weighted by Crippen LogP contribution is -2.32. The summed E-state index contributed by atoms with van der Waals surface area (Å²) in [5.41, 5.74) is 2.48. The van der Waals surface area contributed by atoms with Crippen LogP contribution < -0.4 is 0 Å². The number of thiophene rings is 1. The van der Waals surface area contributed by atoms with E-state index in [1.807, 2.05) is 24.0 Å². The lowest BCUT2D eigenvalue weighted by atomic mass is 10.0. The number of rotatable bonds is 8. The molecule has 3 rings (SSSR count). The van der Waals surface area contributed by atoms with Crippen LogP contribution in [0.4, 0.5) is 0 Å². The first kappa shape index (κ1) is 18.8. The Kier molecular flexibility index (Phi) is 5.92. The van der Waals surface area contributed by atoms with Gasteiger partial charge in [0.2, 0.25) is 5.91 Å². The summed E-state index contributed by atoms with van der Waals surface area (Å²) >= 11 is 1.51. The average Bonchev–Trinajstić information content (AvgIpc) is 3.37. The molecule has 4 heteroatoms. The second-order valence-corrected chi connectivity index (χ2v) is 8.77. The Balaban J connectivity index is 1.58. The topological polar surface area (TPSA) is 37.4 Å². The third-order valence-corrected chi connectivity index (χ3v) is 5.93. The minimum Gasteiger partial charge on any atom is -0.335 e. The van der Waals surface area contributed by atoms with Gasteiger partial charge in [0.15, 0.2) is 5.78 Å². The number of carbonyl (C=O) groups is 2. The highest BCUT2D eigenvalue weighted by Crippen LogP contribution is 2.30. The van der Waals surface area contributed by atoms with E-state index in [4.69, 9.17) is 0 Å². The van der Waals surface area contributed by atoms with E-state index in [1.165, 1.54) is 16.9 Å². The summed E-state index contributed by atoms with van der Waals surface area (Å²) in [5, 5.41) is 0. The van der Waals surface area contributed by atoms with E-state index >= 15 is 0 Å². The number of hydrogen-bond donors (Lipinski definition) is 0. The molecule has 0 spiro atoms. The summed E-state index contributed by atoms with van der Waals surface area (Å²) in [6, 6.07) is 12.7. The fraction of sp³-hybridized carbons (Fsp3) is 0.455. The molecule has 1 heterocycles. The molecule has 0 bridgehead atoms. The molecule has 1 fully saturated rings. The molecule has 1 saturated carbocycles. The van der Waals surface area contributed by atoms with Crippen LogP contribution in [0.5, 0.6) is 0 Å². The summed E-state index contributed by atoms with van der Waals surface area (Å²) < 4.78 is 0. The number of Topliss-reactive ketones (excluding diaryl/α,β-unsaturated/α-hetero) is 1. The van der Waals surface area contributed by atoms with E-state index in [0.29, 0.717) is 31.3 Å². The first-order valence-corrected chi connectivity index (χ1v) is 10.2. The normalized spacial score (nSPS) is 13.8. The standard InChI is InChI=1S/C22H27NO2S/c1-15(2)18-7-5-17(6-8-18)14-23(19-9-10-19)22(25)13-11-20(24)21-12-4-16(3)26-21/h4-8,12,15,19H,9-11,13-14H2,1-3H3. The molecule has 0 radical (unpaired) electrons. The molecule has 0 unspecified atom stereocenters. The molecule has 0 N–H and O–H groups in total. The van der Waals surface area contributed by atoms with Crippen molar-refractivity contribution < 1.29 is 9.59 Å². The van der Waals surface area contributed by atoms with Gasteiger partial charge in [-0.25, -0.2) is 0 Å². The highest BCUT2D eigenvalue weighted by Gasteiger charge is 2.32. The molecule has 2 aromatic rings. The maximum atomic E-state index is 12.7. The number of amides is 1. The summed E-state index contributed by atoms with van der Waals surface area (Å²) in [6.45, 7) is 7.00. The molecule has 1 aromatic heterocycles. The predicted octanol–water partition coefficient (Wildman–Crippen LogP) is 5.33. The number of ketones is 1. The van der Waals surface area contributed by atoms with Gasteiger partial charge in [-0.2, -0.15) is 0 Å². The van der Waals surface area contributed by atoms with E-state index in [-0.39, 0.29) is 11.7 Å². The average molecular weight is 370 g/mol. The largest absolute Gasteiger partial charge is 0.335 e. The smallest absolute Gasteiger partial charge is 0.223 e. The molecule has 1 aliphatic carbocycles. The molecule has 1 amide bonds. The van der Waals surface area contributed by atoms with Crippen molar-refractivity contribution in [1.29, 1.82) is 0 Å². The number of aryl methyl sites for hydroxylation is 1. The molecule has 26 heavy (non-hydrogen) atoms. The third-order valence-electron chi connectivity index (χ3n) is 4.89. The number of nitrogens with zero attached hydrogens (tertiary/aromatic N) is 1. The Morgan fingerprint density at radius 2 is 1.77 bits per heavy atom. The van der Waals surface area contributed by atoms with Gasteiger partial charge in [-0.15, -0.1) is 11.3 Å². The van der Waals surface area contributed by atoms with Crippen molar-refractivity contribution in [2.45, 2.75) is 65.0 Å². The van der Waals surface area contributed by atoms with Gasteiger partial charge in [0.1, 0.15) is 0 Å². The number of carbonyl (C=O) groups excluding carboxylic acids is 2. The molecule has 1 aliphatic rings. The zero-order valence-electron chi connectivity index (χ0n) is 15.8. The minimum absolute atomic E-state index is 0.0773. The Hall–Kier alpha value is -1.94. The predicted molar refractivity (Wildman–Crippen MR) is 107 cm³/mol. The van der Waals surface area contributed by atoms with Gasteiger partial charge in [-0.1, -0.05) is 38.1 Å². The van der Waals surface area contributed by atoms with Gasteiger partial charge in [-0.3, -0.25) is 9.59 Å². The van der Waals surface area contributed by atoms with E-state index in [0.717, 1.165) is 28.2 Å². The number of hydrogen-bond acceptors (Lipinski definition) is 3. The van der Waals surface area contributed by atoms with Gasteiger partial charge in [0.05, 0.1) is 4.88 Å². The van der Waals surface area contributed by atoms with Crippen LogP contribution in [-0.2, 0) is 11.3 Å². The van der Waals surface area contributed by atoms with Crippen molar-refractivity contribution in [3.05, 3.63) is 57.3 Å². The van der Waals surface area contributed by atoms with Crippen molar-refractivity contribution in [3.8, 4) is 0 Å². The monoisotopic (exact) mass is 369 g/mol. The minimum atomic E-state index is 0.0773. The lowest BCUT2D eigenvalue weighted by molar-refractivity contribution is -0.132. The SMILES string of the molecule is Cc1ccc(C(=O)CCC(=O)N(Cc2ccc(C(C)C)cc2)C2CC2)s1. The fourth-order valence-corrected chi connectivity index (χ4v) is 3.92. The fourth-order valence-electron chi connectivity index (χ4n) is 3.08. The Labute approximate surface area is 160 Å². The Morgan fingerprint density at radius 3 is 2.31 bits per heavy atom. The molecular formula is C22H27NO2S. The van der Waals surface area contributed by atoms with Crippen molar-refractivity contribution in [1.82, 2.24) is 4.90 Å². The molecule has 0 aliphatic heterocycles. The van der Waals surface area contributed by atoms with E-state index < -0.39 is 0 Å².